The Labute approximate surface area is 207 Å². The van der Waals surface area contributed by atoms with E-state index in [0.717, 1.165) is 27.0 Å². The number of hydrogen-bond donors (Lipinski definition) is 0. The van der Waals surface area contributed by atoms with E-state index in [0.29, 0.717) is 11.3 Å². The highest BCUT2D eigenvalue weighted by atomic mass is 32.1. The summed E-state index contributed by atoms with van der Waals surface area (Å²) < 4.78 is 14.6. The molecule has 3 heterocycles. The van der Waals surface area contributed by atoms with Gasteiger partial charge in [-0.05, 0) is 29.3 Å². The Kier molecular flexibility index (Phi) is 5.26. The third kappa shape index (κ3) is 3.70. The normalized spacial score (nSPS) is 14.5. The van der Waals surface area contributed by atoms with Crippen LogP contribution in [-0.2, 0) is 17.8 Å². The van der Waals surface area contributed by atoms with Crippen LogP contribution in [0.25, 0.3) is 10.5 Å². The van der Waals surface area contributed by atoms with Gasteiger partial charge in [0.1, 0.15) is 16.0 Å². The Balaban J connectivity index is 1.49. The lowest BCUT2D eigenvalue weighted by molar-refractivity contribution is -0.113. The summed E-state index contributed by atoms with van der Waals surface area (Å²) in [6.45, 7) is 0.217. The highest BCUT2D eigenvalue weighted by Gasteiger charge is 2.34. The number of nitrogens with zero attached hydrogens (tertiary/aromatic N) is 4. The molecule has 7 nitrogen and oxygen atoms in total. The predicted octanol–water partition coefficient (Wildman–Crippen LogP) is 2.71. The van der Waals surface area contributed by atoms with Crippen LogP contribution < -0.4 is 20.6 Å². The second-order valence-corrected chi connectivity index (χ2v) is 9.34. The van der Waals surface area contributed by atoms with Gasteiger partial charge in [0.25, 0.3) is 17.0 Å². The summed E-state index contributed by atoms with van der Waals surface area (Å²) in [5.41, 5.74) is 2.27. The third-order valence-corrected chi connectivity index (χ3v) is 7.07. The largest absolute Gasteiger partial charge is 0.303 e. The van der Waals surface area contributed by atoms with Gasteiger partial charge in [-0.25, -0.2) is 4.39 Å². The number of rotatable bonds is 4. The molecule has 0 saturated heterocycles. The van der Waals surface area contributed by atoms with Crippen molar-refractivity contribution in [2.45, 2.75) is 13.0 Å². The van der Waals surface area contributed by atoms with E-state index in [9.17, 15) is 18.8 Å². The standard InChI is InChI=1S/C27H17FN4O3S/c28-18-12-10-17(11-13-18)15-31-21-9-5-4-8-19(21)22(25(31)34)23-26(35)32-27(36-23)29-24(33)20(30-32)14-16-6-2-1-3-7-16/h1-13H,14-15H2/b23-22-. The highest BCUT2D eigenvalue weighted by molar-refractivity contribution is 7.15. The molecule has 0 unspecified atom stereocenters. The lowest BCUT2D eigenvalue weighted by atomic mass is 10.1. The summed E-state index contributed by atoms with van der Waals surface area (Å²) in [5, 5.41) is 4.30. The molecule has 1 aliphatic rings. The lowest BCUT2D eigenvalue weighted by Crippen LogP contribution is -2.33. The number of aromatic nitrogens is 3. The first-order valence-electron chi connectivity index (χ1n) is 11.2. The zero-order valence-corrected chi connectivity index (χ0v) is 19.5. The number of benzene rings is 3. The van der Waals surface area contributed by atoms with Crippen LogP contribution in [0.15, 0.2) is 88.5 Å². The van der Waals surface area contributed by atoms with Gasteiger partial charge in [0.15, 0.2) is 0 Å². The number of amides is 1. The summed E-state index contributed by atoms with van der Waals surface area (Å²) in [7, 11) is 0. The highest BCUT2D eigenvalue weighted by Crippen LogP contribution is 2.36. The van der Waals surface area contributed by atoms with Crippen molar-refractivity contribution < 1.29 is 9.18 Å². The maximum absolute atomic E-state index is 13.6. The monoisotopic (exact) mass is 496 g/mol. The molecule has 1 amide bonds. The van der Waals surface area contributed by atoms with Gasteiger partial charge in [-0.3, -0.25) is 14.4 Å². The quantitative estimate of drug-likeness (QED) is 0.382. The van der Waals surface area contributed by atoms with E-state index < -0.39 is 11.1 Å². The van der Waals surface area contributed by atoms with Crippen molar-refractivity contribution in [2.75, 3.05) is 4.90 Å². The molecular formula is C27H17FN4O3S. The van der Waals surface area contributed by atoms with Gasteiger partial charge in [-0.2, -0.15) is 14.6 Å². The van der Waals surface area contributed by atoms with E-state index in [-0.39, 0.29) is 45.5 Å². The minimum atomic E-state index is -0.507. The SMILES string of the molecule is O=C1/C(=c2\sc3nc(=O)c(Cc4ccccc4)nn3c2=O)c2ccccc2N1Cc1ccc(F)cc1. The van der Waals surface area contributed by atoms with Crippen LogP contribution in [-0.4, -0.2) is 20.5 Å². The number of fused-ring (bicyclic) bond motifs is 2. The van der Waals surface area contributed by atoms with Crippen LogP contribution >= 0.6 is 11.3 Å². The first kappa shape index (κ1) is 22.0. The Morgan fingerprint density at radius 1 is 0.833 bits per heavy atom. The molecule has 0 saturated carbocycles. The molecule has 0 spiro atoms. The van der Waals surface area contributed by atoms with E-state index in [1.165, 1.54) is 12.1 Å². The zero-order chi connectivity index (χ0) is 24.8. The zero-order valence-electron chi connectivity index (χ0n) is 18.7. The molecule has 0 atom stereocenters. The van der Waals surface area contributed by atoms with E-state index in [4.69, 9.17) is 0 Å². The average molecular weight is 497 g/mol. The first-order valence-corrected chi connectivity index (χ1v) is 12.0. The van der Waals surface area contributed by atoms with Gasteiger partial charge >= 0.3 is 0 Å². The molecule has 2 aromatic heterocycles. The molecule has 36 heavy (non-hydrogen) atoms. The van der Waals surface area contributed by atoms with Gasteiger partial charge in [0.2, 0.25) is 4.96 Å². The molecule has 9 heteroatoms. The fourth-order valence-electron chi connectivity index (χ4n) is 4.32. The van der Waals surface area contributed by atoms with Gasteiger partial charge in [0.05, 0.1) is 17.8 Å². The molecule has 0 N–H and O–H groups in total. The van der Waals surface area contributed by atoms with Crippen molar-refractivity contribution in [1.29, 1.82) is 0 Å². The van der Waals surface area contributed by atoms with Crippen LogP contribution in [0, 0.1) is 5.82 Å². The van der Waals surface area contributed by atoms with Crippen molar-refractivity contribution in [1.82, 2.24) is 14.6 Å². The number of halogens is 1. The fourth-order valence-corrected chi connectivity index (χ4v) is 5.32. The van der Waals surface area contributed by atoms with E-state index in [1.807, 2.05) is 36.4 Å². The second kappa shape index (κ2) is 8.62. The molecule has 3 aromatic carbocycles. The predicted molar refractivity (Wildman–Crippen MR) is 134 cm³/mol. The van der Waals surface area contributed by atoms with E-state index in [2.05, 4.69) is 10.1 Å². The van der Waals surface area contributed by atoms with Crippen LogP contribution in [0.4, 0.5) is 10.1 Å². The molecular weight excluding hydrogens is 479 g/mol. The summed E-state index contributed by atoms with van der Waals surface area (Å²) in [5.74, 6) is -0.710. The fraction of sp³-hybridized carbons (Fsp3) is 0.0741. The molecule has 6 rings (SSSR count). The van der Waals surface area contributed by atoms with Crippen LogP contribution in [0.2, 0.25) is 0 Å². The van der Waals surface area contributed by atoms with Crippen LogP contribution in [0.3, 0.4) is 0 Å². The second-order valence-electron chi connectivity index (χ2n) is 8.37. The first-order chi connectivity index (χ1) is 17.5. The molecule has 1 aliphatic heterocycles. The third-order valence-electron chi connectivity index (χ3n) is 6.04. The number of anilines is 1. The number of thiazole rings is 1. The van der Waals surface area contributed by atoms with Gasteiger partial charge < -0.3 is 4.90 Å². The Morgan fingerprint density at radius 3 is 2.33 bits per heavy atom. The van der Waals surface area contributed by atoms with Crippen LogP contribution in [0.5, 0.6) is 0 Å². The minimum absolute atomic E-state index is 0.131. The Morgan fingerprint density at radius 2 is 1.56 bits per heavy atom. The maximum atomic E-state index is 13.6. The maximum Gasteiger partial charge on any atom is 0.296 e. The van der Waals surface area contributed by atoms with E-state index >= 15 is 0 Å². The molecule has 0 radical (unpaired) electrons. The topological polar surface area (TPSA) is 84.6 Å². The van der Waals surface area contributed by atoms with Gasteiger partial charge in [-0.15, -0.1) is 0 Å². The average Bonchev–Trinajstić information content (AvgIpc) is 3.34. The number of hydrogen-bond acceptors (Lipinski definition) is 6. The molecule has 0 fully saturated rings. The Bertz CT molecular complexity index is 1810. The van der Waals surface area contributed by atoms with Crippen molar-refractivity contribution in [2.24, 2.45) is 0 Å². The Hall–Kier alpha value is -4.50. The smallest absolute Gasteiger partial charge is 0.296 e. The number of carbonyl (C=O) groups is 1. The molecule has 0 bridgehead atoms. The molecule has 5 aromatic rings. The summed E-state index contributed by atoms with van der Waals surface area (Å²) in [6.07, 6.45) is 0.240. The van der Waals surface area contributed by atoms with Crippen LogP contribution in [0.1, 0.15) is 22.4 Å². The van der Waals surface area contributed by atoms with Gasteiger partial charge in [-0.1, -0.05) is 72.0 Å². The van der Waals surface area contributed by atoms with E-state index in [1.54, 1.807) is 35.2 Å². The molecule has 0 aliphatic carbocycles. The van der Waals surface area contributed by atoms with Crippen molar-refractivity contribution in [3.05, 3.63) is 132 Å². The van der Waals surface area contributed by atoms with Crippen molar-refractivity contribution >= 4 is 33.5 Å². The number of para-hydroxylation sites is 1. The summed E-state index contributed by atoms with van der Waals surface area (Å²) >= 11 is 0.971. The summed E-state index contributed by atoms with van der Waals surface area (Å²) in [6, 6.07) is 22.4. The summed E-state index contributed by atoms with van der Waals surface area (Å²) in [4.78, 5) is 45.4. The van der Waals surface area contributed by atoms with Gasteiger partial charge in [0, 0.05) is 12.0 Å². The molecule has 176 valence electrons. The van der Waals surface area contributed by atoms with Crippen molar-refractivity contribution in [3.8, 4) is 0 Å². The number of carbonyl (C=O) groups excluding carboxylic acids is 1. The lowest BCUT2D eigenvalue weighted by Gasteiger charge is -2.17. The minimum Gasteiger partial charge on any atom is -0.303 e. The van der Waals surface area contributed by atoms with Crippen molar-refractivity contribution in [3.63, 3.8) is 0 Å².